The number of hydrogen-bond donors (Lipinski definition) is 3. The summed E-state index contributed by atoms with van der Waals surface area (Å²) in [6.07, 6.45) is 3.35. The van der Waals surface area contributed by atoms with Gasteiger partial charge >= 0.3 is 5.97 Å². The Labute approximate surface area is 152 Å². The highest BCUT2D eigenvalue weighted by Gasteiger charge is 2.14. The molecule has 0 aliphatic carbocycles. The molecule has 0 aliphatic heterocycles. The lowest BCUT2D eigenvalue weighted by Crippen LogP contribution is -2.12. The van der Waals surface area contributed by atoms with Crippen LogP contribution in [0.3, 0.4) is 0 Å². The first-order valence-corrected chi connectivity index (χ1v) is 8.76. The van der Waals surface area contributed by atoms with Crippen molar-refractivity contribution in [3.05, 3.63) is 46.4 Å². The largest absolute Gasteiger partial charge is 0.481 e. The first-order valence-electron chi connectivity index (χ1n) is 8.76. The van der Waals surface area contributed by atoms with Crippen LogP contribution in [0, 0.1) is 12.7 Å². The number of aromatic nitrogens is 2. The fraction of sp³-hybridized carbons (Fsp3) is 0.421. The number of aryl methyl sites for hydroxylation is 1. The molecule has 0 saturated carbocycles. The second kappa shape index (κ2) is 9.12. The van der Waals surface area contributed by atoms with Crippen LogP contribution < -0.4 is 11.1 Å². The number of rotatable bonds is 9. The first-order chi connectivity index (χ1) is 12.4. The molecule has 0 aliphatic rings. The van der Waals surface area contributed by atoms with Crippen LogP contribution in [0.25, 0.3) is 0 Å². The molecule has 1 heterocycles. The fourth-order valence-electron chi connectivity index (χ4n) is 2.77. The predicted molar refractivity (Wildman–Crippen MR) is 99.7 cm³/mol. The summed E-state index contributed by atoms with van der Waals surface area (Å²) in [5.74, 6) is -0.614. The van der Waals surface area contributed by atoms with Crippen molar-refractivity contribution >= 4 is 17.7 Å². The smallest absolute Gasteiger partial charge is 0.307 e. The van der Waals surface area contributed by atoms with E-state index in [2.05, 4.69) is 22.2 Å². The van der Waals surface area contributed by atoms with Gasteiger partial charge in [-0.3, -0.25) is 4.79 Å². The third kappa shape index (κ3) is 5.40. The molecule has 0 radical (unpaired) electrons. The third-order valence-electron chi connectivity index (χ3n) is 4.14. The lowest BCUT2D eigenvalue weighted by atomic mass is 10.0. The number of anilines is 2. The molecule has 140 valence electrons. The zero-order valence-corrected chi connectivity index (χ0v) is 15.2. The maximum absolute atomic E-state index is 14.4. The predicted octanol–water partition coefficient (Wildman–Crippen LogP) is 3.33. The SMILES string of the molecule is CCCCCNc1nc(N)nc(C)c1Cc1ccc(CC(=O)O)cc1F. The Morgan fingerprint density at radius 2 is 2.08 bits per heavy atom. The van der Waals surface area contributed by atoms with E-state index in [4.69, 9.17) is 10.8 Å². The van der Waals surface area contributed by atoms with Gasteiger partial charge in [-0.15, -0.1) is 0 Å². The highest BCUT2D eigenvalue weighted by molar-refractivity contribution is 5.70. The second-order valence-electron chi connectivity index (χ2n) is 6.30. The van der Waals surface area contributed by atoms with Crippen LogP contribution in [0.5, 0.6) is 0 Å². The van der Waals surface area contributed by atoms with Crippen LogP contribution in [0.1, 0.15) is 48.6 Å². The van der Waals surface area contributed by atoms with Gasteiger partial charge in [0.2, 0.25) is 5.95 Å². The van der Waals surface area contributed by atoms with Crippen LogP contribution in [-0.2, 0) is 17.6 Å². The molecule has 0 spiro atoms. The Hall–Kier alpha value is -2.70. The number of nitrogens with one attached hydrogen (secondary N) is 1. The van der Waals surface area contributed by atoms with E-state index in [0.717, 1.165) is 31.4 Å². The van der Waals surface area contributed by atoms with Gasteiger partial charge in [-0.1, -0.05) is 31.9 Å². The number of nitrogens with two attached hydrogens (primary N) is 1. The molecular formula is C19H25FN4O2. The maximum atomic E-state index is 14.4. The van der Waals surface area contributed by atoms with E-state index in [1.807, 2.05) is 6.92 Å². The summed E-state index contributed by atoms with van der Waals surface area (Å²) < 4.78 is 14.4. The number of carbonyl (C=O) groups is 1. The van der Waals surface area contributed by atoms with Crippen molar-refractivity contribution in [3.8, 4) is 0 Å². The van der Waals surface area contributed by atoms with Crippen LogP contribution >= 0.6 is 0 Å². The zero-order chi connectivity index (χ0) is 19.1. The number of nitrogen functional groups attached to an aromatic ring is 1. The Balaban J connectivity index is 2.23. The van der Waals surface area contributed by atoms with E-state index in [1.165, 1.54) is 6.07 Å². The minimum atomic E-state index is -0.988. The molecule has 0 bridgehead atoms. The number of carboxylic acids is 1. The van der Waals surface area contributed by atoms with Crippen molar-refractivity contribution in [1.82, 2.24) is 9.97 Å². The molecule has 0 fully saturated rings. The van der Waals surface area contributed by atoms with Crippen LogP contribution in [0.2, 0.25) is 0 Å². The molecule has 0 amide bonds. The van der Waals surface area contributed by atoms with Gasteiger partial charge in [0.1, 0.15) is 11.6 Å². The Morgan fingerprint density at radius 1 is 1.31 bits per heavy atom. The van der Waals surface area contributed by atoms with E-state index in [9.17, 15) is 9.18 Å². The van der Waals surface area contributed by atoms with Crippen molar-refractivity contribution in [2.75, 3.05) is 17.6 Å². The molecule has 0 atom stereocenters. The van der Waals surface area contributed by atoms with E-state index < -0.39 is 11.8 Å². The lowest BCUT2D eigenvalue weighted by molar-refractivity contribution is -0.136. The Bertz CT molecular complexity index is 780. The van der Waals surface area contributed by atoms with E-state index in [-0.39, 0.29) is 12.4 Å². The highest BCUT2D eigenvalue weighted by Crippen LogP contribution is 2.23. The standard InChI is InChI=1S/C19H25FN4O2/c1-3-4-5-8-22-18-15(12(2)23-19(21)24-18)11-14-7-6-13(9-16(14)20)10-17(25)26/h6-7,9H,3-5,8,10-11H2,1-2H3,(H,25,26)(H3,21,22,23,24). The molecule has 7 heteroatoms. The topological polar surface area (TPSA) is 101 Å². The molecule has 6 nitrogen and oxygen atoms in total. The first kappa shape index (κ1) is 19.6. The normalized spacial score (nSPS) is 10.7. The molecule has 2 aromatic rings. The lowest BCUT2D eigenvalue weighted by Gasteiger charge is -2.14. The Morgan fingerprint density at radius 3 is 2.73 bits per heavy atom. The minimum Gasteiger partial charge on any atom is -0.481 e. The Kier molecular flexibility index (Phi) is 6.89. The molecule has 0 unspecified atom stereocenters. The number of hydrogen-bond acceptors (Lipinski definition) is 5. The molecule has 2 rings (SSSR count). The molecule has 1 aromatic heterocycles. The van der Waals surface area contributed by atoms with Crippen molar-refractivity contribution in [3.63, 3.8) is 0 Å². The monoisotopic (exact) mass is 360 g/mol. The van der Waals surface area contributed by atoms with Crippen LogP contribution in [0.4, 0.5) is 16.2 Å². The van der Waals surface area contributed by atoms with E-state index >= 15 is 0 Å². The number of halogens is 1. The van der Waals surface area contributed by atoms with Gasteiger partial charge < -0.3 is 16.2 Å². The van der Waals surface area contributed by atoms with E-state index in [1.54, 1.807) is 12.1 Å². The summed E-state index contributed by atoms with van der Waals surface area (Å²) in [4.78, 5) is 19.2. The van der Waals surface area contributed by atoms with Gasteiger partial charge in [-0.2, -0.15) is 4.98 Å². The number of aliphatic carboxylic acids is 1. The summed E-state index contributed by atoms with van der Waals surface area (Å²) in [5.41, 5.74) is 8.14. The zero-order valence-electron chi connectivity index (χ0n) is 15.2. The van der Waals surface area contributed by atoms with Crippen LogP contribution in [0.15, 0.2) is 18.2 Å². The van der Waals surface area contributed by atoms with Gasteiger partial charge in [0, 0.05) is 24.2 Å². The number of benzene rings is 1. The highest BCUT2D eigenvalue weighted by atomic mass is 19.1. The average Bonchev–Trinajstić information content (AvgIpc) is 2.55. The number of nitrogens with zero attached hydrogens (tertiary/aromatic N) is 2. The van der Waals surface area contributed by atoms with Crippen molar-refractivity contribution < 1.29 is 14.3 Å². The molecule has 4 N–H and O–H groups in total. The van der Waals surface area contributed by atoms with E-state index in [0.29, 0.717) is 29.1 Å². The van der Waals surface area contributed by atoms with Gasteiger partial charge in [0.05, 0.1) is 6.42 Å². The van der Waals surface area contributed by atoms with Crippen molar-refractivity contribution in [2.24, 2.45) is 0 Å². The van der Waals surface area contributed by atoms with Gasteiger partial charge in [-0.05, 0) is 30.5 Å². The van der Waals surface area contributed by atoms with Gasteiger partial charge in [-0.25, -0.2) is 9.37 Å². The maximum Gasteiger partial charge on any atom is 0.307 e. The number of carboxylic acid groups (broad SMARTS) is 1. The summed E-state index contributed by atoms with van der Waals surface area (Å²) in [6.45, 7) is 4.72. The summed E-state index contributed by atoms with van der Waals surface area (Å²) in [6, 6.07) is 4.52. The number of unbranched alkanes of at least 4 members (excludes halogenated alkanes) is 2. The summed E-state index contributed by atoms with van der Waals surface area (Å²) >= 11 is 0. The molecule has 0 saturated heterocycles. The summed E-state index contributed by atoms with van der Waals surface area (Å²) in [5, 5.41) is 12.1. The fourth-order valence-corrected chi connectivity index (χ4v) is 2.77. The molecular weight excluding hydrogens is 335 g/mol. The van der Waals surface area contributed by atoms with Crippen LogP contribution in [-0.4, -0.2) is 27.6 Å². The quantitative estimate of drug-likeness (QED) is 0.593. The average molecular weight is 360 g/mol. The third-order valence-corrected chi connectivity index (χ3v) is 4.14. The van der Waals surface area contributed by atoms with Crippen molar-refractivity contribution in [2.45, 2.75) is 46.0 Å². The van der Waals surface area contributed by atoms with Crippen molar-refractivity contribution in [1.29, 1.82) is 0 Å². The van der Waals surface area contributed by atoms with Gasteiger partial charge in [0.25, 0.3) is 0 Å². The van der Waals surface area contributed by atoms with Gasteiger partial charge in [0.15, 0.2) is 0 Å². The summed E-state index contributed by atoms with van der Waals surface area (Å²) in [7, 11) is 0. The second-order valence-corrected chi connectivity index (χ2v) is 6.30. The molecule has 1 aromatic carbocycles. The molecule has 26 heavy (non-hydrogen) atoms. The minimum absolute atomic E-state index is 0.182.